The summed E-state index contributed by atoms with van der Waals surface area (Å²) in [5.41, 5.74) is -0.302. The standard InChI is InChI=1S/C18H16N2O4/c1-18(13-9-8-11-5-2-3-6-12(11)19-13)16(23)15(22)17(24-18)20-10-4-7-14(20)21/h2-3,5-6,8-9,22H,4,7,10H2,1H3. The molecule has 24 heavy (non-hydrogen) atoms. The van der Waals surface area contributed by atoms with Crippen LogP contribution in [-0.2, 0) is 19.9 Å². The molecule has 1 fully saturated rings. The first kappa shape index (κ1) is 14.7. The molecule has 122 valence electrons. The Bertz CT molecular complexity index is 905. The second-order valence-corrected chi connectivity index (χ2v) is 6.16. The number of hydrogen-bond acceptors (Lipinski definition) is 5. The van der Waals surface area contributed by atoms with E-state index in [9.17, 15) is 14.7 Å². The van der Waals surface area contributed by atoms with Crippen molar-refractivity contribution in [3.05, 3.63) is 53.7 Å². The summed E-state index contributed by atoms with van der Waals surface area (Å²) in [6, 6.07) is 11.1. The van der Waals surface area contributed by atoms with Gasteiger partial charge in [-0.15, -0.1) is 0 Å². The van der Waals surface area contributed by atoms with Crippen molar-refractivity contribution in [1.29, 1.82) is 0 Å². The maximum absolute atomic E-state index is 12.6. The van der Waals surface area contributed by atoms with Crippen molar-refractivity contribution in [2.24, 2.45) is 0 Å². The summed E-state index contributed by atoms with van der Waals surface area (Å²) >= 11 is 0. The number of Topliss-reactive ketones (excluding diaryl/α,β-unsaturated/α-hetero) is 1. The van der Waals surface area contributed by atoms with Crippen molar-refractivity contribution in [3.63, 3.8) is 0 Å². The van der Waals surface area contributed by atoms with Crippen LogP contribution in [0.2, 0.25) is 0 Å². The maximum atomic E-state index is 12.6. The molecule has 1 N–H and O–H groups in total. The van der Waals surface area contributed by atoms with E-state index in [1.165, 1.54) is 4.90 Å². The number of rotatable bonds is 2. The molecule has 0 radical (unpaired) electrons. The number of likely N-dealkylation sites (tertiary alicyclic amines) is 1. The zero-order chi connectivity index (χ0) is 16.9. The Morgan fingerprint density at radius 3 is 2.75 bits per heavy atom. The number of amides is 1. The van der Waals surface area contributed by atoms with Crippen LogP contribution in [0.3, 0.4) is 0 Å². The number of para-hydroxylation sites is 1. The summed E-state index contributed by atoms with van der Waals surface area (Å²) < 4.78 is 5.79. The molecule has 2 aliphatic heterocycles. The summed E-state index contributed by atoms with van der Waals surface area (Å²) in [5.74, 6) is -1.30. The first-order valence-corrected chi connectivity index (χ1v) is 7.84. The van der Waals surface area contributed by atoms with Gasteiger partial charge < -0.3 is 9.84 Å². The molecule has 0 spiro atoms. The van der Waals surface area contributed by atoms with Crippen molar-refractivity contribution in [1.82, 2.24) is 9.88 Å². The minimum atomic E-state index is -1.44. The predicted octanol–water partition coefficient (Wildman–Crippen LogP) is 2.40. The Hall–Kier alpha value is -2.89. The van der Waals surface area contributed by atoms with Gasteiger partial charge in [0.15, 0.2) is 0 Å². The summed E-state index contributed by atoms with van der Waals surface area (Å²) in [7, 11) is 0. The van der Waals surface area contributed by atoms with Crippen LogP contribution in [-0.4, -0.2) is 33.2 Å². The third-order valence-electron chi connectivity index (χ3n) is 4.56. The molecule has 1 atom stereocenters. The van der Waals surface area contributed by atoms with E-state index in [-0.39, 0.29) is 11.8 Å². The van der Waals surface area contributed by atoms with Crippen molar-refractivity contribution >= 4 is 22.6 Å². The summed E-state index contributed by atoms with van der Waals surface area (Å²) in [6.07, 6.45) is 1.07. The fraction of sp³-hybridized carbons (Fsp3) is 0.278. The van der Waals surface area contributed by atoms with E-state index in [2.05, 4.69) is 4.98 Å². The molecule has 1 aromatic carbocycles. The molecule has 1 aromatic heterocycles. The molecule has 2 aliphatic rings. The average molecular weight is 324 g/mol. The van der Waals surface area contributed by atoms with Crippen LogP contribution in [0.1, 0.15) is 25.5 Å². The van der Waals surface area contributed by atoms with E-state index >= 15 is 0 Å². The molecule has 3 heterocycles. The lowest BCUT2D eigenvalue weighted by Crippen LogP contribution is -2.33. The van der Waals surface area contributed by atoms with E-state index in [0.717, 1.165) is 10.9 Å². The second kappa shape index (κ2) is 5.06. The summed E-state index contributed by atoms with van der Waals surface area (Å²) in [5, 5.41) is 11.2. The molecule has 1 saturated heterocycles. The Morgan fingerprint density at radius 1 is 1.21 bits per heavy atom. The quantitative estimate of drug-likeness (QED) is 0.917. The van der Waals surface area contributed by atoms with Gasteiger partial charge in [0.25, 0.3) is 5.78 Å². The highest BCUT2D eigenvalue weighted by atomic mass is 16.5. The number of ketones is 1. The van der Waals surface area contributed by atoms with Crippen molar-refractivity contribution < 1.29 is 19.4 Å². The highest BCUT2D eigenvalue weighted by Crippen LogP contribution is 2.39. The molecule has 2 aromatic rings. The van der Waals surface area contributed by atoms with E-state index in [0.29, 0.717) is 25.1 Å². The number of aliphatic hydroxyl groups is 1. The lowest BCUT2D eigenvalue weighted by Gasteiger charge is -2.25. The molecular formula is C18H16N2O4. The van der Waals surface area contributed by atoms with Gasteiger partial charge in [0.1, 0.15) is 0 Å². The average Bonchev–Trinajstić information content (AvgIpc) is 3.12. The molecule has 1 amide bonds. The van der Waals surface area contributed by atoms with Gasteiger partial charge in [0, 0.05) is 18.4 Å². The number of carbonyl (C=O) groups excluding carboxylic acids is 2. The topological polar surface area (TPSA) is 79.7 Å². The highest BCUT2D eigenvalue weighted by molar-refractivity contribution is 6.03. The molecule has 0 aliphatic carbocycles. The smallest absolute Gasteiger partial charge is 0.252 e. The van der Waals surface area contributed by atoms with E-state index in [1.807, 2.05) is 30.3 Å². The van der Waals surface area contributed by atoms with Gasteiger partial charge in [-0.2, -0.15) is 0 Å². The lowest BCUT2D eigenvalue weighted by molar-refractivity contribution is -0.137. The Morgan fingerprint density at radius 2 is 2.00 bits per heavy atom. The first-order valence-electron chi connectivity index (χ1n) is 7.84. The Kier molecular flexibility index (Phi) is 3.09. The van der Waals surface area contributed by atoms with Crippen LogP contribution in [0.5, 0.6) is 0 Å². The number of aromatic nitrogens is 1. The predicted molar refractivity (Wildman–Crippen MR) is 85.8 cm³/mol. The Labute approximate surface area is 138 Å². The van der Waals surface area contributed by atoms with Crippen LogP contribution < -0.4 is 0 Å². The van der Waals surface area contributed by atoms with E-state index < -0.39 is 17.1 Å². The summed E-state index contributed by atoms with van der Waals surface area (Å²) in [4.78, 5) is 30.4. The molecular weight excluding hydrogens is 308 g/mol. The van der Waals surface area contributed by atoms with Gasteiger partial charge in [-0.05, 0) is 25.5 Å². The molecule has 0 bridgehead atoms. The SMILES string of the molecule is CC1(c2ccc3ccccc3n2)OC(N2CCCC2=O)=C(O)C1=O. The number of carbonyl (C=O) groups is 2. The first-order chi connectivity index (χ1) is 11.5. The van der Waals surface area contributed by atoms with Gasteiger partial charge in [0.05, 0.1) is 11.2 Å². The highest BCUT2D eigenvalue weighted by Gasteiger charge is 2.51. The van der Waals surface area contributed by atoms with Gasteiger partial charge in [-0.25, -0.2) is 4.98 Å². The van der Waals surface area contributed by atoms with Crippen molar-refractivity contribution in [2.75, 3.05) is 6.54 Å². The fourth-order valence-corrected chi connectivity index (χ4v) is 3.16. The molecule has 4 rings (SSSR count). The van der Waals surface area contributed by atoms with Gasteiger partial charge >= 0.3 is 0 Å². The Balaban J connectivity index is 1.75. The summed E-state index contributed by atoms with van der Waals surface area (Å²) in [6.45, 7) is 2.00. The van der Waals surface area contributed by atoms with Crippen LogP contribution >= 0.6 is 0 Å². The number of benzene rings is 1. The number of nitrogens with zero attached hydrogens (tertiary/aromatic N) is 2. The number of pyridine rings is 1. The molecule has 6 nitrogen and oxygen atoms in total. The van der Waals surface area contributed by atoms with E-state index in [1.54, 1.807) is 13.0 Å². The van der Waals surface area contributed by atoms with Gasteiger partial charge in [-0.3, -0.25) is 14.5 Å². The molecule has 1 unspecified atom stereocenters. The van der Waals surface area contributed by atoms with Crippen molar-refractivity contribution in [3.8, 4) is 0 Å². The monoisotopic (exact) mass is 324 g/mol. The third-order valence-corrected chi connectivity index (χ3v) is 4.56. The van der Waals surface area contributed by atoms with E-state index in [4.69, 9.17) is 4.74 Å². The molecule has 6 heteroatoms. The van der Waals surface area contributed by atoms with Crippen LogP contribution in [0.4, 0.5) is 0 Å². The number of aliphatic hydroxyl groups excluding tert-OH is 1. The zero-order valence-corrected chi connectivity index (χ0v) is 13.2. The largest absolute Gasteiger partial charge is 0.501 e. The number of fused-ring (bicyclic) bond motifs is 1. The van der Waals surface area contributed by atoms with Crippen LogP contribution in [0, 0.1) is 0 Å². The van der Waals surface area contributed by atoms with Gasteiger partial charge in [-0.1, -0.05) is 24.3 Å². The zero-order valence-electron chi connectivity index (χ0n) is 13.2. The molecule has 0 saturated carbocycles. The fourth-order valence-electron chi connectivity index (χ4n) is 3.16. The second-order valence-electron chi connectivity index (χ2n) is 6.16. The number of ether oxygens (including phenoxy) is 1. The normalized spacial score (nSPS) is 24.1. The van der Waals surface area contributed by atoms with Crippen LogP contribution in [0.25, 0.3) is 10.9 Å². The minimum absolute atomic E-state index is 0.0556. The third kappa shape index (κ3) is 1.99. The number of hydrogen-bond donors (Lipinski definition) is 1. The minimum Gasteiger partial charge on any atom is -0.501 e. The van der Waals surface area contributed by atoms with Gasteiger partial charge in [0.2, 0.25) is 23.2 Å². The van der Waals surface area contributed by atoms with Crippen LogP contribution in [0.15, 0.2) is 48.0 Å². The lowest BCUT2D eigenvalue weighted by atomic mass is 9.95. The maximum Gasteiger partial charge on any atom is 0.252 e. The van der Waals surface area contributed by atoms with Crippen molar-refractivity contribution in [2.45, 2.75) is 25.4 Å².